The molecule has 2 aliphatic rings. The molecule has 116 valence electrons. The fourth-order valence-electron chi connectivity index (χ4n) is 2.92. The molecule has 2 rings (SSSR count). The van der Waals surface area contributed by atoms with E-state index >= 15 is 0 Å². The molecule has 2 N–H and O–H groups in total. The quantitative estimate of drug-likeness (QED) is 0.582. The van der Waals surface area contributed by atoms with E-state index in [1.54, 1.807) is 6.20 Å². The molecule has 2 heterocycles. The zero-order valence-electron chi connectivity index (χ0n) is 13.1. The van der Waals surface area contributed by atoms with Crippen molar-refractivity contribution in [1.29, 1.82) is 0 Å². The smallest absolute Gasteiger partial charge is 0.0647 e. The molecule has 1 saturated heterocycles. The Kier molecular flexibility index (Phi) is 5.59. The van der Waals surface area contributed by atoms with Crippen LogP contribution in [0.5, 0.6) is 0 Å². The van der Waals surface area contributed by atoms with Gasteiger partial charge in [-0.25, -0.2) is 0 Å². The third kappa shape index (κ3) is 3.95. The lowest BCUT2D eigenvalue weighted by Crippen LogP contribution is -2.46. The Morgan fingerprint density at radius 2 is 1.95 bits per heavy atom. The summed E-state index contributed by atoms with van der Waals surface area (Å²) in [5.41, 5.74) is 9.16. The van der Waals surface area contributed by atoms with Crippen LogP contribution in [0, 0.1) is 0 Å². The summed E-state index contributed by atoms with van der Waals surface area (Å²) in [4.78, 5) is 11.1. The number of hydrogen-bond acceptors (Lipinski definition) is 5. The number of allylic oxidation sites excluding steroid dienone is 1. The Bertz CT molecular complexity index is 444. The van der Waals surface area contributed by atoms with E-state index in [1.807, 2.05) is 6.08 Å². The third-order valence-corrected chi connectivity index (χ3v) is 4.28. The molecule has 0 aromatic heterocycles. The molecule has 5 heteroatoms. The number of likely N-dealkylation sites (N-methyl/N-ethyl adjacent to an activating group) is 1. The van der Waals surface area contributed by atoms with Crippen LogP contribution < -0.4 is 5.73 Å². The molecule has 21 heavy (non-hydrogen) atoms. The van der Waals surface area contributed by atoms with Crippen LogP contribution in [0.3, 0.4) is 0 Å². The van der Waals surface area contributed by atoms with E-state index in [1.165, 1.54) is 0 Å². The van der Waals surface area contributed by atoms with Crippen molar-refractivity contribution in [3.63, 3.8) is 0 Å². The zero-order chi connectivity index (χ0) is 15.2. The van der Waals surface area contributed by atoms with Crippen LogP contribution >= 0.6 is 0 Å². The van der Waals surface area contributed by atoms with Crippen LogP contribution in [0.1, 0.15) is 6.42 Å². The molecule has 0 radical (unpaired) electrons. The molecule has 0 aromatic rings. The van der Waals surface area contributed by atoms with E-state index in [0.29, 0.717) is 0 Å². The second kappa shape index (κ2) is 7.43. The van der Waals surface area contributed by atoms with E-state index in [2.05, 4.69) is 40.0 Å². The monoisotopic (exact) mass is 289 g/mol. The number of piperazine rings is 1. The fourth-order valence-corrected chi connectivity index (χ4v) is 2.92. The van der Waals surface area contributed by atoms with Crippen LogP contribution in [0.4, 0.5) is 0 Å². The highest BCUT2D eigenvalue weighted by atomic mass is 15.3. The molecular weight excluding hydrogens is 262 g/mol. The van der Waals surface area contributed by atoms with Crippen LogP contribution in [-0.4, -0.2) is 74.3 Å². The van der Waals surface area contributed by atoms with Gasteiger partial charge in [0.1, 0.15) is 0 Å². The van der Waals surface area contributed by atoms with Gasteiger partial charge in [-0.2, -0.15) is 0 Å². The van der Waals surface area contributed by atoms with Crippen molar-refractivity contribution in [2.45, 2.75) is 6.42 Å². The first-order chi connectivity index (χ1) is 10.2. The van der Waals surface area contributed by atoms with E-state index in [0.717, 1.165) is 69.2 Å². The van der Waals surface area contributed by atoms with Gasteiger partial charge in [-0.15, -0.1) is 0 Å². The predicted molar refractivity (Wildman–Crippen MR) is 89.2 cm³/mol. The number of nitrogens with two attached hydrogens (primary N) is 1. The highest BCUT2D eigenvalue weighted by Gasteiger charge is 2.23. The van der Waals surface area contributed by atoms with Crippen molar-refractivity contribution in [2.75, 3.05) is 52.9 Å². The lowest BCUT2D eigenvalue weighted by atomic mass is 10.1. The predicted octanol–water partition coefficient (Wildman–Crippen LogP) is 0.880. The van der Waals surface area contributed by atoms with Crippen LogP contribution in [0.15, 0.2) is 40.8 Å². The van der Waals surface area contributed by atoms with Gasteiger partial charge in [-0.1, -0.05) is 12.7 Å². The van der Waals surface area contributed by atoms with Gasteiger partial charge in [0, 0.05) is 69.7 Å². The van der Waals surface area contributed by atoms with Gasteiger partial charge < -0.3 is 15.5 Å². The summed E-state index contributed by atoms with van der Waals surface area (Å²) in [5.74, 6) is 0. The summed E-state index contributed by atoms with van der Waals surface area (Å²) in [6.07, 6.45) is 4.47. The summed E-state index contributed by atoms with van der Waals surface area (Å²) in [5, 5.41) is 0. The molecule has 0 bridgehead atoms. The summed E-state index contributed by atoms with van der Waals surface area (Å²) >= 11 is 0. The van der Waals surface area contributed by atoms with Crippen LogP contribution in [0.25, 0.3) is 0 Å². The summed E-state index contributed by atoms with van der Waals surface area (Å²) in [6.45, 7) is 15.1. The SMILES string of the molecule is C=C/C(=C\N=C)C1=C(N)CCN1CCN1CCN(C)CC1. The maximum atomic E-state index is 6.17. The van der Waals surface area contributed by atoms with Gasteiger partial charge in [0.15, 0.2) is 0 Å². The topological polar surface area (TPSA) is 48.1 Å². The summed E-state index contributed by atoms with van der Waals surface area (Å²) in [7, 11) is 2.18. The number of hydrogen-bond donors (Lipinski definition) is 1. The molecule has 0 unspecified atom stereocenters. The molecule has 0 saturated carbocycles. The first kappa shape index (κ1) is 15.8. The van der Waals surface area contributed by atoms with E-state index < -0.39 is 0 Å². The third-order valence-electron chi connectivity index (χ3n) is 4.28. The molecule has 0 atom stereocenters. The largest absolute Gasteiger partial charge is 0.400 e. The maximum Gasteiger partial charge on any atom is 0.0647 e. The van der Waals surface area contributed by atoms with Crippen molar-refractivity contribution in [1.82, 2.24) is 14.7 Å². The first-order valence-electron chi connectivity index (χ1n) is 7.59. The van der Waals surface area contributed by atoms with Crippen LogP contribution in [-0.2, 0) is 0 Å². The highest BCUT2D eigenvalue weighted by Crippen LogP contribution is 2.26. The van der Waals surface area contributed by atoms with Crippen molar-refractivity contribution >= 4 is 6.72 Å². The lowest BCUT2D eigenvalue weighted by molar-refractivity contribution is 0.144. The number of nitrogens with zero attached hydrogens (tertiary/aromatic N) is 4. The van der Waals surface area contributed by atoms with Crippen molar-refractivity contribution in [3.8, 4) is 0 Å². The zero-order valence-corrected chi connectivity index (χ0v) is 13.1. The minimum Gasteiger partial charge on any atom is -0.400 e. The summed E-state index contributed by atoms with van der Waals surface area (Å²) in [6, 6.07) is 0. The van der Waals surface area contributed by atoms with Gasteiger partial charge in [-0.05, 0) is 13.8 Å². The van der Waals surface area contributed by atoms with Crippen LogP contribution in [0.2, 0.25) is 0 Å². The van der Waals surface area contributed by atoms with Gasteiger partial charge >= 0.3 is 0 Å². The normalized spacial score (nSPS) is 22.0. The van der Waals surface area contributed by atoms with Crippen molar-refractivity contribution < 1.29 is 0 Å². The minimum absolute atomic E-state index is 0.917. The molecule has 0 amide bonds. The highest BCUT2D eigenvalue weighted by molar-refractivity contribution is 5.43. The Balaban J connectivity index is 1.95. The first-order valence-corrected chi connectivity index (χ1v) is 7.59. The molecule has 5 nitrogen and oxygen atoms in total. The standard InChI is InChI=1S/C16H27N5/c1-4-14(13-18-2)16-15(17)5-6-21(16)12-11-20-9-7-19(3)8-10-20/h4,13H,1-2,5-12,17H2,3H3/b14-13+. The van der Waals surface area contributed by atoms with Gasteiger partial charge in [0.25, 0.3) is 0 Å². The number of rotatable bonds is 6. The summed E-state index contributed by atoms with van der Waals surface area (Å²) < 4.78 is 0. The average molecular weight is 289 g/mol. The Labute approximate surface area is 128 Å². The minimum atomic E-state index is 0.917. The van der Waals surface area contributed by atoms with Gasteiger partial charge in [-0.3, -0.25) is 9.89 Å². The molecule has 2 aliphatic heterocycles. The molecule has 0 spiro atoms. The molecule has 0 aliphatic carbocycles. The average Bonchev–Trinajstić information content (AvgIpc) is 2.85. The van der Waals surface area contributed by atoms with Gasteiger partial charge in [0.2, 0.25) is 0 Å². The Morgan fingerprint density at radius 1 is 1.24 bits per heavy atom. The van der Waals surface area contributed by atoms with E-state index in [-0.39, 0.29) is 0 Å². The Hall–Kier alpha value is -1.59. The lowest BCUT2D eigenvalue weighted by Gasteiger charge is -2.34. The Morgan fingerprint density at radius 3 is 2.57 bits per heavy atom. The van der Waals surface area contributed by atoms with Gasteiger partial charge in [0.05, 0.1) is 5.70 Å². The van der Waals surface area contributed by atoms with E-state index in [4.69, 9.17) is 5.73 Å². The fraction of sp³-hybridized carbons (Fsp3) is 0.562. The molecular formula is C16H27N5. The van der Waals surface area contributed by atoms with Crippen molar-refractivity contribution in [2.24, 2.45) is 10.7 Å². The molecule has 0 aromatic carbocycles. The number of aliphatic imine (C=N–C) groups is 1. The second-order valence-electron chi connectivity index (χ2n) is 5.73. The second-order valence-corrected chi connectivity index (χ2v) is 5.73. The van der Waals surface area contributed by atoms with E-state index in [9.17, 15) is 0 Å². The van der Waals surface area contributed by atoms with Crippen molar-refractivity contribution in [3.05, 3.63) is 35.8 Å². The molecule has 1 fully saturated rings. The maximum absolute atomic E-state index is 6.17.